The van der Waals surface area contributed by atoms with Crippen molar-refractivity contribution in [2.45, 2.75) is 85.1 Å². The van der Waals surface area contributed by atoms with Crippen LogP contribution >= 0.6 is 11.9 Å². The molecule has 4 atom stereocenters. The molecule has 0 amide bonds. The lowest BCUT2D eigenvalue weighted by Gasteiger charge is -2.35. The summed E-state index contributed by atoms with van der Waals surface area (Å²) in [7, 11) is 2.02. The summed E-state index contributed by atoms with van der Waals surface area (Å²) in [6.45, 7) is 17.0. The number of ketones is 1. The van der Waals surface area contributed by atoms with Crippen LogP contribution in [-0.4, -0.2) is 25.4 Å². The Labute approximate surface area is 196 Å². The van der Waals surface area contributed by atoms with E-state index in [1.54, 1.807) is 30.0 Å². The Morgan fingerprint density at radius 2 is 2.00 bits per heavy atom. The Kier molecular flexibility index (Phi) is 14.1. The van der Waals surface area contributed by atoms with Crippen LogP contribution in [0.1, 0.15) is 79.1 Å². The van der Waals surface area contributed by atoms with Gasteiger partial charge in [0, 0.05) is 29.3 Å². The maximum atomic E-state index is 11.7. The van der Waals surface area contributed by atoms with Gasteiger partial charge in [0.25, 0.3) is 0 Å². The zero-order valence-corrected chi connectivity index (χ0v) is 21.5. The highest BCUT2D eigenvalue weighted by molar-refractivity contribution is 8.01. The summed E-state index contributed by atoms with van der Waals surface area (Å²) < 4.78 is 3.46. The average Bonchev–Trinajstić information content (AvgIpc) is 3.22. The third kappa shape index (κ3) is 9.11. The van der Waals surface area contributed by atoms with Gasteiger partial charge in [-0.05, 0) is 77.3 Å². The van der Waals surface area contributed by atoms with Crippen molar-refractivity contribution in [3.8, 4) is 0 Å². The normalized spacial score (nSPS) is 24.9. The predicted molar refractivity (Wildman–Crippen MR) is 139 cm³/mol. The molecule has 2 N–H and O–H groups in total. The number of carbonyl (C=O) groups excluding carboxylic acids is 1. The second-order valence-corrected chi connectivity index (χ2v) is 9.81. The van der Waals surface area contributed by atoms with E-state index in [1.807, 2.05) is 26.1 Å². The molecule has 176 valence electrons. The molecule has 1 saturated carbocycles. The maximum Gasteiger partial charge on any atom is 0.134 e. The summed E-state index contributed by atoms with van der Waals surface area (Å²) in [6, 6.07) is 0.293. The zero-order chi connectivity index (χ0) is 23.2. The zero-order valence-electron chi connectivity index (χ0n) is 20.6. The van der Waals surface area contributed by atoms with E-state index < -0.39 is 0 Å². The monoisotopic (exact) mass is 446 g/mol. The van der Waals surface area contributed by atoms with Crippen molar-refractivity contribution in [3.05, 3.63) is 47.4 Å². The van der Waals surface area contributed by atoms with Crippen molar-refractivity contribution in [1.82, 2.24) is 10.0 Å². The first kappa shape index (κ1) is 27.9. The Hall–Kier alpha value is -1.10. The summed E-state index contributed by atoms with van der Waals surface area (Å²) in [5.41, 5.74) is 3.39. The lowest BCUT2D eigenvalue weighted by atomic mass is 9.76. The second-order valence-electron chi connectivity index (χ2n) is 8.90. The number of hydrogen-bond donors (Lipinski definition) is 2. The lowest BCUT2D eigenvalue weighted by molar-refractivity contribution is -0.122. The quantitative estimate of drug-likeness (QED) is 0.204. The van der Waals surface area contributed by atoms with Crippen LogP contribution in [0.3, 0.4) is 0 Å². The van der Waals surface area contributed by atoms with Crippen LogP contribution < -0.4 is 10.0 Å². The molecule has 4 unspecified atom stereocenters. The van der Waals surface area contributed by atoms with Gasteiger partial charge in [-0.2, -0.15) is 0 Å². The van der Waals surface area contributed by atoms with Gasteiger partial charge in [-0.1, -0.05) is 62.6 Å². The number of allylic oxidation sites excluding steroid dienone is 3. The first-order valence-corrected chi connectivity index (χ1v) is 12.9. The maximum absolute atomic E-state index is 11.7. The topological polar surface area (TPSA) is 41.1 Å². The summed E-state index contributed by atoms with van der Waals surface area (Å²) in [5.74, 6) is 1.63. The van der Waals surface area contributed by atoms with Gasteiger partial charge in [0.15, 0.2) is 0 Å². The highest BCUT2D eigenvalue weighted by Gasteiger charge is 2.33. The number of rotatable bonds is 11. The van der Waals surface area contributed by atoms with Crippen molar-refractivity contribution in [1.29, 1.82) is 0 Å². The fourth-order valence-electron chi connectivity index (χ4n) is 4.86. The molecule has 1 fully saturated rings. The van der Waals surface area contributed by atoms with Crippen LogP contribution in [0.15, 0.2) is 47.4 Å². The highest BCUT2D eigenvalue weighted by Crippen LogP contribution is 2.34. The predicted octanol–water partition coefficient (Wildman–Crippen LogP) is 7.00. The summed E-state index contributed by atoms with van der Waals surface area (Å²) in [6.07, 6.45) is 15.9. The molecule has 0 heterocycles. The minimum Gasteiger partial charge on any atom is -0.319 e. The molecule has 31 heavy (non-hydrogen) atoms. The van der Waals surface area contributed by atoms with Crippen LogP contribution in [0.25, 0.3) is 0 Å². The van der Waals surface area contributed by atoms with Gasteiger partial charge in [-0.15, -0.1) is 6.58 Å². The van der Waals surface area contributed by atoms with E-state index in [9.17, 15) is 4.79 Å². The van der Waals surface area contributed by atoms with Crippen molar-refractivity contribution in [2.75, 3.05) is 13.6 Å². The van der Waals surface area contributed by atoms with E-state index >= 15 is 0 Å². The van der Waals surface area contributed by atoms with Crippen molar-refractivity contribution in [2.24, 2.45) is 17.8 Å². The summed E-state index contributed by atoms with van der Waals surface area (Å²) in [5, 5.41) is 3.25. The van der Waals surface area contributed by atoms with E-state index in [0.29, 0.717) is 23.7 Å². The van der Waals surface area contributed by atoms with Crippen LogP contribution in [-0.2, 0) is 4.79 Å². The molecule has 0 radical (unpaired) electrons. The van der Waals surface area contributed by atoms with Crippen molar-refractivity contribution >= 4 is 17.7 Å². The molecule has 2 rings (SSSR count). The number of carbonyl (C=O) groups is 1. The van der Waals surface area contributed by atoms with Gasteiger partial charge < -0.3 is 5.32 Å². The van der Waals surface area contributed by atoms with Crippen LogP contribution in [0, 0.1) is 17.8 Å². The Bertz CT molecular complexity index is 637. The second kappa shape index (κ2) is 15.7. The minimum atomic E-state index is 0.175. The Morgan fingerprint density at radius 3 is 2.55 bits per heavy atom. The number of Topliss-reactive ketones (excluding diaryl/α,β-unsaturated/α-hetero) is 1. The number of nitrogens with one attached hydrogen (secondary N) is 2. The molecule has 0 aliphatic heterocycles. The third-order valence-corrected chi connectivity index (χ3v) is 7.66. The van der Waals surface area contributed by atoms with Gasteiger partial charge >= 0.3 is 0 Å². The molecular formula is C27H46N2OS. The standard InChI is InChI=1S/C14H23NOS.C13H23N/c1-5-12(6-2)17-15-14-10(3)8-7-9-13(14)11(4)16;1-4-7-12-8-6-9-13(12)11(5-2)10-14-3/h5-6,10,13-15H,1,7-9H2,2-4H3;5,11,14H,2,4,6-10H2,1,3H3/b12-6-;. The van der Waals surface area contributed by atoms with Gasteiger partial charge in [-0.25, -0.2) is 0 Å². The van der Waals surface area contributed by atoms with Gasteiger partial charge in [0.05, 0.1) is 0 Å². The fraction of sp³-hybridized carbons (Fsp3) is 0.667. The van der Waals surface area contributed by atoms with Gasteiger partial charge in [0.2, 0.25) is 0 Å². The van der Waals surface area contributed by atoms with E-state index in [4.69, 9.17) is 0 Å². The molecule has 0 saturated heterocycles. The molecule has 0 aromatic rings. The minimum absolute atomic E-state index is 0.175. The SMILES string of the molecule is C=C/C(=C/C)SNC1C(C)CCCC1C(C)=O.C=CC(CNC)C1=C(CCC)CCC1. The molecule has 4 heteroatoms. The largest absolute Gasteiger partial charge is 0.319 e. The van der Waals surface area contributed by atoms with Crippen LogP contribution in [0.4, 0.5) is 0 Å². The number of hydrogen-bond acceptors (Lipinski definition) is 4. The molecule has 0 aromatic carbocycles. The molecule has 0 aromatic heterocycles. The fourth-order valence-corrected chi connectivity index (χ4v) is 5.73. The van der Waals surface area contributed by atoms with Crippen LogP contribution in [0.2, 0.25) is 0 Å². The molecular weight excluding hydrogens is 400 g/mol. The smallest absolute Gasteiger partial charge is 0.134 e. The van der Waals surface area contributed by atoms with E-state index in [0.717, 1.165) is 17.9 Å². The van der Waals surface area contributed by atoms with E-state index in [-0.39, 0.29) is 5.92 Å². The lowest BCUT2D eigenvalue weighted by Crippen LogP contribution is -2.43. The molecule has 2 aliphatic rings. The highest BCUT2D eigenvalue weighted by atomic mass is 32.2. The summed E-state index contributed by atoms with van der Waals surface area (Å²) >= 11 is 1.59. The molecule has 2 aliphatic carbocycles. The Balaban J connectivity index is 0.000000316. The average molecular weight is 447 g/mol. The van der Waals surface area contributed by atoms with E-state index in [2.05, 4.69) is 43.1 Å². The van der Waals surface area contributed by atoms with Crippen molar-refractivity contribution in [3.63, 3.8) is 0 Å². The van der Waals surface area contributed by atoms with Crippen molar-refractivity contribution < 1.29 is 4.79 Å². The third-order valence-electron chi connectivity index (χ3n) is 6.63. The first-order valence-electron chi connectivity index (χ1n) is 12.1. The van der Waals surface area contributed by atoms with Gasteiger partial charge in [0.1, 0.15) is 5.78 Å². The first-order chi connectivity index (χ1) is 14.9. The Morgan fingerprint density at radius 1 is 1.26 bits per heavy atom. The molecule has 3 nitrogen and oxygen atoms in total. The summed E-state index contributed by atoms with van der Waals surface area (Å²) in [4.78, 5) is 12.8. The van der Waals surface area contributed by atoms with Gasteiger partial charge in [-0.3, -0.25) is 9.52 Å². The van der Waals surface area contributed by atoms with E-state index in [1.165, 1.54) is 44.9 Å². The molecule has 0 bridgehead atoms. The van der Waals surface area contributed by atoms with Crippen LogP contribution in [0.5, 0.6) is 0 Å². The molecule has 0 spiro atoms.